The summed E-state index contributed by atoms with van der Waals surface area (Å²) in [6.45, 7) is 11.9. The highest BCUT2D eigenvalue weighted by Crippen LogP contribution is 2.47. The third-order valence-electron chi connectivity index (χ3n) is 3.66. The lowest BCUT2D eigenvalue weighted by atomic mass is 9.75. The molecule has 0 aromatic carbocycles. The standard InChI is InChI=1S/C15H28F3NO/c1-8-14(9-10(2)3,15(16,17)18)13(20)19(11(4)5)12(6)7/h10-12H,8-9H2,1-7H3. The van der Waals surface area contributed by atoms with Gasteiger partial charge >= 0.3 is 6.18 Å². The van der Waals surface area contributed by atoms with Crippen molar-refractivity contribution in [2.45, 2.75) is 79.6 Å². The van der Waals surface area contributed by atoms with E-state index in [1.807, 2.05) is 0 Å². The van der Waals surface area contributed by atoms with Crippen LogP contribution < -0.4 is 0 Å². The number of amides is 1. The normalized spacial score (nSPS) is 15.8. The molecule has 0 saturated carbocycles. The highest BCUT2D eigenvalue weighted by atomic mass is 19.4. The molecule has 0 radical (unpaired) electrons. The molecule has 0 fully saturated rings. The predicted octanol–water partition coefficient (Wildman–Crippen LogP) is 4.64. The minimum Gasteiger partial charge on any atom is -0.337 e. The van der Waals surface area contributed by atoms with Gasteiger partial charge in [0.1, 0.15) is 5.41 Å². The maximum absolute atomic E-state index is 13.6. The average molecular weight is 295 g/mol. The molecule has 1 amide bonds. The first-order valence-electron chi connectivity index (χ1n) is 7.30. The summed E-state index contributed by atoms with van der Waals surface area (Å²) >= 11 is 0. The number of alkyl halides is 3. The van der Waals surface area contributed by atoms with Crippen molar-refractivity contribution in [1.82, 2.24) is 4.90 Å². The fourth-order valence-corrected chi connectivity index (χ4v) is 2.83. The van der Waals surface area contributed by atoms with E-state index < -0.39 is 17.5 Å². The zero-order valence-corrected chi connectivity index (χ0v) is 13.6. The number of hydrogen-bond acceptors (Lipinski definition) is 1. The van der Waals surface area contributed by atoms with Crippen molar-refractivity contribution in [3.05, 3.63) is 0 Å². The van der Waals surface area contributed by atoms with Gasteiger partial charge in [0, 0.05) is 12.1 Å². The van der Waals surface area contributed by atoms with Crippen LogP contribution in [0.5, 0.6) is 0 Å². The molecular formula is C15H28F3NO. The first kappa shape index (κ1) is 19.3. The quantitative estimate of drug-likeness (QED) is 0.699. The molecule has 0 spiro atoms. The smallest absolute Gasteiger partial charge is 0.337 e. The molecule has 0 heterocycles. The Kier molecular flexibility index (Phi) is 6.56. The number of carbonyl (C=O) groups is 1. The fraction of sp³-hybridized carbons (Fsp3) is 0.933. The van der Waals surface area contributed by atoms with Crippen LogP contribution in [-0.2, 0) is 4.79 Å². The van der Waals surface area contributed by atoms with Crippen molar-refractivity contribution in [3.63, 3.8) is 0 Å². The van der Waals surface area contributed by atoms with Crippen LogP contribution in [0, 0.1) is 11.3 Å². The topological polar surface area (TPSA) is 20.3 Å². The summed E-state index contributed by atoms with van der Waals surface area (Å²) in [6, 6.07) is -0.495. The highest BCUT2D eigenvalue weighted by molar-refractivity contribution is 5.84. The van der Waals surface area contributed by atoms with E-state index in [1.54, 1.807) is 41.5 Å². The summed E-state index contributed by atoms with van der Waals surface area (Å²) < 4.78 is 40.9. The number of rotatable bonds is 6. The Balaban J connectivity index is 5.80. The molecule has 0 bridgehead atoms. The number of hydrogen-bond donors (Lipinski definition) is 0. The zero-order chi connectivity index (χ0) is 16.3. The number of halogens is 3. The molecular weight excluding hydrogens is 267 g/mol. The van der Waals surface area contributed by atoms with Crippen molar-refractivity contribution in [3.8, 4) is 0 Å². The van der Waals surface area contributed by atoms with Gasteiger partial charge in [-0.05, 0) is 46.5 Å². The van der Waals surface area contributed by atoms with Crippen molar-refractivity contribution >= 4 is 5.91 Å². The van der Waals surface area contributed by atoms with Gasteiger partial charge in [0.05, 0.1) is 0 Å². The third-order valence-corrected chi connectivity index (χ3v) is 3.66. The van der Waals surface area contributed by atoms with Crippen LogP contribution in [0.2, 0.25) is 0 Å². The molecule has 0 aliphatic carbocycles. The minimum absolute atomic E-state index is 0.165. The largest absolute Gasteiger partial charge is 0.403 e. The van der Waals surface area contributed by atoms with Gasteiger partial charge in [-0.25, -0.2) is 0 Å². The van der Waals surface area contributed by atoms with E-state index in [2.05, 4.69) is 0 Å². The van der Waals surface area contributed by atoms with Crippen LogP contribution in [-0.4, -0.2) is 29.1 Å². The summed E-state index contributed by atoms with van der Waals surface area (Å²) in [5.74, 6) is -0.979. The maximum atomic E-state index is 13.6. The molecule has 0 aliphatic heterocycles. The lowest BCUT2D eigenvalue weighted by Crippen LogP contribution is -2.56. The Morgan fingerprint density at radius 2 is 1.40 bits per heavy atom. The molecule has 2 nitrogen and oxygen atoms in total. The van der Waals surface area contributed by atoms with Crippen molar-refractivity contribution in [2.24, 2.45) is 11.3 Å². The highest BCUT2D eigenvalue weighted by Gasteiger charge is 2.60. The minimum atomic E-state index is -4.52. The van der Waals surface area contributed by atoms with E-state index in [1.165, 1.54) is 11.8 Å². The molecule has 0 aromatic rings. The van der Waals surface area contributed by atoms with Crippen molar-refractivity contribution in [1.29, 1.82) is 0 Å². The molecule has 0 rings (SSSR count). The SMILES string of the molecule is CCC(CC(C)C)(C(=O)N(C(C)C)C(C)C)C(F)(F)F. The van der Waals surface area contributed by atoms with Gasteiger partial charge in [-0.15, -0.1) is 0 Å². The maximum Gasteiger partial charge on any atom is 0.403 e. The summed E-state index contributed by atoms with van der Waals surface area (Å²) in [7, 11) is 0. The lowest BCUT2D eigenvalue weighted by Gasteiger charge is -2.42. The third kappa shape index (κ3) is 3.89. The molecule has 0 aromatic heterocycles. The van der Waals surface area contributed by atoms with Gasteiger partial charge in [-0.3, -0.25) is 4.79 Å². The Labute approximate surface area is 120 Å². The van der Waals surface area contributed by atoms with E-state index in [-0.39, 0.29) is 30.8 Å². The average Bonchev–Trinajstić information content (AvgIpc) is 2.22. The Morgan fingerprint density at radius 3 is 1.60 bits per heavy atom. The molecule has 1 unspecified atom stereocenters. The summed E-state index contributed by atoms with van der Waals surface area (Å²) in [5, 5.41) is 0. The first-order valence-corrected chi connectivity index (χ1v) is 7.30. The van der Waals surface area contributed by atoms with Crippen LogP contribution in [0.1, 0.15) is 61.3 Å². The Bertz CT molecular complexity index is 316. The molecule has 0 aliphatic rings. The van der Waals surface area contributed by atoms with Crippen LogP contribution in [0.25, 0.3) is 0 Å². The first-order chi connectivity index (χ1) is 8.90. The van der Waals surface area contributed by atoms with Gasteiger partial charge in [0.2, 0.25) is 5.91 Å². The van der Waals surface area contributed by atoms with Gasteiger partial charge in [-0.2, -0.15) is 13.2 Å². The molecule has 20 heavy (non-hydrogen) atoms. The van der Waals surface area contributed by atoms with E-state index in [4.69, 9.17) is 0 Å². The molecule has 0 saturated heterocycles. The van der Waals surface area contributed by atoms with Gasteiger partial charge in [0.15, 0.2) is 0 Å². The molecule has 1 atom stereocenters. The summed E-state index contributed by atoms with van der Waals surface area (Å²) in [6.07, 6.45) is -4.91. The van der Waals surface area contributed by atoms with Gasteiger partial charge < -0.3 is 4.90 Å². The lowest BCUT2D eigenvalue weighted by molar-refractivity contribution is -0.234. The second-order valence-electron chi connectivity index (χ2n) is 6.43. The predicted molar refractivity (Wildman–Crippen MR) is 75.4 cm³/mol. The van der Waals surface area contributed by atoms with Crippen LogP contribution in [0.4, 0.5) is 13.2 Å². The van der Waals surface area contributed by atoms with Crippen LogP contribution >= 0.6 is 0 Å². The Hall–Kier alpha value is -0.740. The number of nitrogens with zero attached hydrogens (tertiary/aromatic N) is 1. The summed E-state index contributed by atoms with van der Waals surface area (Å²) in [5.41, 5.74) is -2.27. The van der Waals surface area contributed by atoms with Crippen LogP contribution in [0.15, 0.2) is 0 Å². The molecule has 5 heteroatoms. The van der Waals surface area contributed by atoms with Crippen molar-refractivity contribution in [2.75, 3.05) is 0 Å². The van der Waals surface area contributed by atoms with E-state index >= 15 is 0 Å². The summed E-state index contributed by atoms with van der Waals surface area (Å²) in [4.78, 5) is 14.0. The Morgan fingerprint density at radius 1 is 1.00 bits per heavy atom. The molecule has 120 valence electrons. The van der Waals surface area contributed by atoms with E-state index in [9.17, 15) is 18.0 Å². The van der Waals surface area contributed by atoms with Gasteiger partial charge in [0.25, 0.3) is 0 Å². The van der Waals surface area contributed by atoms with E-state index in [0.717, 1.165) is 0 Å². The fourth-order valence-electron chi connectivity index (χ4n) is 2.83. The zero-order valence-electron chi connectivity index (χ0n) is 13.6. The van der Waals surface area contributed by atoms with E-state index in [0.29, 0.717) is 0 Å². The van der Waals surface area contributed by atoms with Gasteiger partial charge in [-0.1, -0.05) is 20.8 Å². The number of carbonyl (C=O) groups excluding carboxylic acids is 1. The second-order valence-corrected chi connectivity index (χ2v) is 6.43. The second kappa shape index (κ2) is 6.81. The molecule has 0 N–H and O–H groups in total. The van der Waals surface area contributed by atoms with Crippen molar-refractivity contribution < 1.29 is 18.0 Å². The monoisotopic (exact) mass is 295 g/mol. The van der Waals surface area contributed by atoms with Crippen LogP contribution in [0.3, 0.4) is 0 Å².